The van der Waals surface area contributed by atoms with Crippen LogP contribution in [0.1, 0.15) is 33.6 Å². The van der Waals surface area contributed by atoms with Crippen molar-refractivity contribution in [3.8, 4) is 0 Å². The predicted octanol–water partition coefficient (Wildman–Crippen LogP) is 0.908. The van der Waals surface area contributed by atoms with Gasteiger partial charge in [0.1, 0.15) is 11.4 Å². The molecule has 0 unspecified atom stereocenters. The van der Waals surface area contributed by atoms with Gasteiger partial charge in [0.2, 0.25) is 0 Å². The van der Waals surface area contributed by atoms with Crippen molar-refractivity contribution in [3.05, 3.63) is 20.4 Å². The van der Waals surface area contributed by atoms with E-state index in [1.807, 2.05) is 23.6 Å². The first kappa shape index (κ1) is 16.5. The molecule has 6 nitrogen and oxygen atoms in total. The highest BCUT2D eigenvalue weighted by Crippen LogP contribution is 2.29. The van der Waals surface area contributed by atoms with Crippen molar-refractivity contribution in [2.75, 3.05) is 42.6 Å². The van der Waals surface area contributed by atoms with E-state index in [0.717, 1.165) is 0 Å². The van der Waals surface area contributed by atoms with Crippen LogP contribution in [0, 0.1) is 5.92 Å². The maximum absolute atomic E-state index is 12.0. The van der Waals surface area contributed by atoms with Gasteiger partial charge in [0, 0.05) is 26.2 Å². The van der Waals surface area contributed by atoms with Gasteiger partial charge < -0.3 is 14.5 Å². The van der Waals surface area contributed by atoms with Gasteiger partial charge in [0.25, 0.3) is 10.9 Å². The summed E-state index contributed by atoms with van der Waals surface area (Å²) in [6, 6.07) is 0. The molecule has 0 aliphatic carbocycles. The molecule has 0 N–H and O–H groups in total. The molecule has 0 amide bonds. The highest BCUT2D eigenvalue weighted by Gasteiger charge is 2.33. The third-order valence-corrected chi connectivity index (χ3v) is 4.37. The van der Waals surface area contributed by atoms with Crippen LogP contribution in [0.4, 0.5) is 11.4 Å². The topological polar surface area (TPSA) is 66.9 Å². The molecule has 0 spiro atoms. The van der Waals surface area contributed by atoms with Crippen LogP contribution in [-0.4, -0.2) is 38.8 Å². The van der Waals surface area contributed by atoms with Crippen LogP contribution in [0.5, 0.6) is 0 Å². The molecule has 2 rings (SSSR count). The molecule has 6 heteroatoms. The number of piperidine rings is 1. The Morgan fingerprint density at radius 1 is 1.14 bits per heavy atom. The average molecular weight is 308 g/mol. The van der Waals surface area contributed by atoms with E-state index in [-0.39, 0.29) is 17.3 Å². The van der Waals surface area contributed by atoms with Gasteiger partial charge in [0.05, 0.1) is 12.5 Å². The van der Waals surface area contributed by atoms with E-state index in [1.165, 1.54) is 0 Å². The van der Waals surface area contributed by atoms with E-state index < -0.39 is 5.43 Å². The molecule has 22 heavy (non-hydrogen) atoms. The van der Waals surface area contributed by atoms with E-state index in [1.54, 1.807) is 6.92 Å². The summed E-state index contributed by atoms with van der Waals surface area (Å²) >= 11 is 0. The van der Waals surface area contributed by atoms with Crippen LogP contribution in [0.25, 0.3) is 0 Å². The van der Waals surface area contributed by atoms with Gasteiger partial charge in [-0.1, -0.05) is 0 Å². The molecule has 1 aliphatic rings. The minimum atomic E-state index is -0.392. The molecule has 0 bridgehead atoms. The monoisotopic (exact) mass is 308 g/mol. The summed E-state index contributed by atoms with van der Waals surface area (Å²) in [6.07, 6.45) is 1.32. The molecule has 1 aliphatic heterocycles. The molecule has 122 valence electrons. The minimum absolute atomic E-state index is 0.0976. The smallest absolute Gasteiger partial charge is 0.309 e. The van der Waals surface area contributed by atoms with Crippen LogP contribution in [0.2, 0.25) is 0 Å². The first-order valence-corrected chi connectivity index (χ1v) is 8.04. The second kappa shape index (κ2) is 6.94. The summed E-state index contributed by atoms with van der Waals surface area (Å²) in [4.78, 5) is 39.5. The van der Waals surface area contributed by atoms with Crippen molar-refractivity contribution in [2.24, 2.45) is 5.92 Å². The zero-order valence-corrected chi connectivity index (χ0v) is 13.6. The largest absolute Gasteiger partial charge is 0.466 e. The Labute approximate surface area is 130 Å². The van der Waals surface area contributed by atoms with Crippen molar-refractivity contribution in [2.45, 2.75) is 33.6 Å². The molecular weight excluding hydrogens is 284 g/mol. The van der Waals surface area contributed by atoms with E-state index >= 15 is 0 Å². The quantitative estimate of drug-likeness (QED) is 0.575. The summed E-state index contributed by atoms with van der Waals surface area (Å²) in [5.74, 6) is -0.254. The number of carbonyl (C=O) groups excluding carboxylic acids is 1. The third-order valence-electron chi connectivity index (χ3n) is 4.37. The van der Waals surface area contributed by atoms with Gasteiger partial charge in [-0.25, -0.2) is 0 Å². The van der Waals surface area contributed by atoms with Crippen LogP contribution in [0.15, 0.2) is 9.59 Å². The molecule has 0 radical (unpaired) electrons. The summed E-state index contributed by atoms with van der Waals surface area (Å²) < 4.78 is 5.05. The molecule has 0 saturated carbocycles. The summed E-state index contributed by atoms with van der Waals surface area (Å²) in [6.45, 7) is 8.76. The molecule has 1 aromatic rings. The number of hydrogen-bond donors (Lipinski definition) is 0. The molecular formula is C16H24N2O4. The van der Waals surface area contributed by atoms with E-state index in [4.69, 9.17) is 4.74 Å². The summed E-state index contributed by atoms with van der Waals surface area (Å²) in [5, 5.41) is 0. The van der Waals surface area contributed by atoms with Crippen LogP contribution < -0.4 is 20.7 Å². The molecule has 1 fully saturated rings. The Morgan fingerprint density at radius 3 is 2.23 bits per heavy atom. The van der Waals surface area contributed by atoms with Crippen molar-refractivity contribution in [1.29, 1.82) is 0 Å². The maximum atomic E-state index is 12.0. The Balaban J connectivity index is 2.09. The fourth-order valence-electron chi connectivity index (χ4n) is 3.09. The van der Waals surface area contributed by atoms with Crippen molar-refractivity contribution >= 4 is 17.3 Å². The first-order chi connectivity index (χ1) is 10.5. The third kappa shape index (κ3) is 2.87. The predicted molar refractivity (Wildman–Crippen MR) is 86.5 cm³/mol. The number of hydrogen-bond acceptors (Lipinski definition) is 6. The number of ether oxygens (including phenoxy) is 1. The van der Waals surface area contributed by atoms with Crippen molar-refractivity contribution in [3.63, 3.8) is 0 Å². The van der Waals surface area contributed by atoms with Crippen molar-refractivity contribution in [1.82, 2.24) is 0 Å². The molecule has 0 aromatic heterocycles. The van der Waals surface area contributed by atoms with Crippen LogP contribution in [-0.2, 0) is 9.53 Å². The fourth-order valence-corrected chi connectivity index (χ4v) is 3.09. The molecule has 1 heterocycles. The van der Waals surface area contributed by atoms with Gasteiger partial charge >= 0.3 is 5.97 Å². The number of nitrogens with zero attached hydrogens (tertiary/aromatic N) is 2. The Kier molecular flexibility index (Phi) is 5.21. The zero-order chi connectivity index (χ0) is 16.3. The average Bonchev–Trinajstić information content (AvgIpc) is 2.55. The second-order valence-electron chi connectivity index (χ2n) is 5.54. The van der Waals surface area contributed by atoms with Gasteiger partial charge in [-0.05, 0) is 33.6 Å². The Hall–Kier alpha value is -1.85. The first-order valence-electron chi connectivity index (χ1n) is 8.04. The highest BCUT2D eigenvalue weighted by molar-refractivity contribution is 5.77. The SMILES string of the molecule is CCOC(=O)C1CCN(c2c(N(CC)CC)c(=O)c2=O)CC1. The zero-order valence-electron chi connectivity index (χ0n) is 13.6. The fraction of sp³-hybridized carbons (Fsp3) is 0.688. The normalized spacial score (nSPS) is 16.0. The van der Waals surface area contributed by atoms with Gasteiger partial charge in [0.15, 0.2) is 0 Å². The maximum Gasteiger partial charge on any atom is 0.309 e. The Bertz CT molecular complexity index is 592. The lowest BCUT2D eigenvalue weighted by Gasteiger charge is -2.36. The summed E-state index contributed by atoms with van der Waals surface area (Å²) in [7, 11) is 0. The van der Waals surface area contributed by atoms with Gasteiger partial charge in [-0.15, -0.1) is 0 Å². The van der Waals surface area contributed by atoms with Gasteiger partial charge in [-0.2, -0.15) is 0 Å². The van der Waals surface area contributed by atoms with Gasteiger partial charge in [-0.3, -0.25) is 14.4 Å². The van der Waals surface area contributed by atoms with Crippen molar-refractivity contribution < 1.29 is 9.53 Å². The van der Waals surface area contributed by atoms with E-state index in [2.05, 4.69) is 0 Å². The molecule has 0 atom stereocenters. The van der Waals surface area contributed by atoms with Crippen LogP contribution >= 0.6 is 0 Å². The standard InChI is InChI=1S/C16H24N2O4/c1-4-17(5-2)12-13(15(20)14(12)19)18-9-7-11(8-10-18)16(21)22-6-3/h11H,4-10H2,1-3H3. The number of carbonyl (C=O) groups is 1. The second-order valence-corrected chi connectivity index (χ2v) is 5.54. The number of anilines is 2. The lowest BCUT2D eigenvalue weighted by atomic mass is 9.95. The highest BCUT2D eigenvalue weighted by atomic mass is 16.5. The molecule has 1 saturated heterocycles. The Morgan fingerprint density at radius 2 is 1.73 bits per heavy atom. The van der Waals surface area contributed by atoms with E-state index in [9.17, 15) is 14.4 Å². The molecule has 1 aromatic carbocycles. The summed E-state index contributed by atoms with van der Waals surface area (Å²) in [5.41, 5.74) is 0.309. The number of rotatable bonds is 6. The number of esters is 1. The van der Waals surface area contributed by atoms with E-state index in [0.29, 0.717) is 57.0 Å². The van der Waals surface area contributed by atoms with Crippen LogP contribution in [0.3, 0.4) is 0 Å². The minimum Gasteiger partial charge on any atom is -0.466 e. The lowest BCUT2D eigenvalue weighted by molar-refractivity contribution is -0.148. The lowest BCUT2D eigenvalue weighted by Crippen LogP contribution is -2.49.